The predicted molar refractivity (Wildman–Crippen MR) is 92.8 cm³/mol. The van der Waals surface area contributed by atoms with Crippen LogP contribution in [0.15, 0.2) is 30.3 Å². The highest BCUT2D eigenvalue weighted by atomic mass is 32.1. The van der Waals surface area contributed by atoms with E-state index in [1.54, 1.807) is 0 Å². The second-order valence-corrected chi connectivity index (χ2v) is 6.87. The van der Waals surface area contributed by atoms with E-state index in [0.717, 1.165) is 47.3 Å². The van der Waals surface area contributed by atoms with E-state index in [0.29, 0.717) is 12.5 Å². The third-order valence-electron chi connectivity index (χ3n) is 4.18. The van der Waals surface area contributed by atoms with E-state index < -0.39 is 0 Å². The van der Waals surface area contributed by atoms with E-state index in [-0.39, 0.29) is 5.91 Å². The highest BCUT2D eigenvalue weighted by Gasteiger charge is 2.25. The lowest BCUT2D eigenvalue weighted by Crippen LogP contribution is -2.35. The third-order valence-corrected chi connectivity index (χ3v) is 5.38. The lowest BCUT2D eigenvalue weighted by atomic mass is 10.1. The van der Waals surface area contributed by atoms with Gasteiger partial charge in [0.1, 0.15) is 9.88 Å². The Kier molecular flexibility index (Phi) is 5.08. The van der Waals surface area contributed by atoms with Gasteiger partial charge in [-0.1, -0.05) is 30.3 Å². The summed E-state index contributed by atoms with van der Waals surface area (Å²) >= 11 is 1.49. The molecule has 1 amide bonds. The summed E-state index contributed by atoms with van der Waals surface area (Å²) in [6.07, 6.45) is 1.04. The second kappa shape index (κ2) is 7.23. The van der Waals surface area contributed by atoms with Crippen LogP contribution >= 0.6 is 11.3 Å². The second-order valence-electron chi connectivity index (χ2n) is 5.87. The van der Waals surface area contributed by atoms with Gasteiger partial charge in [-0.2, -0.15) is 0 Å². The van der Waals surface area contributed by atoms with Crippen molar-refractivity contribution >= 4 is 17.2 Å². The maximum absolute atomic E-state index is 12.9. The zero-order valence-corrected chi connectivity index (χ0v) is 14.4. The van der Waals surface area contributed by atoms with Gasteiger partial charge in [-0.05, 0) is 20.3 Å². The maximum Gasteiger partial charge on any atom is 0.265 e. The molecule has 1 aromatic heterocycles. The minimum atomic E-state index is 0.0941. The summed E-state index contributed by atoms with van der Waals surface area (Å²) in [4.78, 5) is 20.2. The van der Waals surface area contributed by atoms with Crippen LogP contribution in [0.3, 0.4) is 0 Å². The van der Waals surface area contributed by atoms with E-state index in [4.69, 9.17) is 4.74 Å². The Balaban J connectivity index is 1.79. The van der Waals surface area contributed by atoms with Gasteiger partial charge in [0.25, 0.3) is 5.91 Å². The van der Waals surface area contributed by atoms with E-state index >= 15 is 0 Å². The molecule has 1 aliphatic heterocycles. The molecule has 0 N–H and O–H groups in total. The van der Waals surface area contributed by atoms with Crippen molar-refractivity contribution in [3.8, 4) is 10.6 Å². The number of ether oxygens (including phenoxy) is 1. The van der Waals surface area contributed by atoms with E-state index in [2.05, 4.69) is 4.98 Å². The maximum atomic E-state index is 12.9. The molecule has 1 aliphatic rings. The van der Waals surface area contributed by atoms with Gasteiger partial charge in [-0.15, -0.1) is 11.3 Å². The largest absolute Gasteiger partial charge is 0.381 e. The van der Waals surface area contributed by atoms with E-state index in [1.165, 1.54) is 11.3 Å². The van der Waals surface area contributed by atoms with E-state index in [9.17, 15) is 4.79 Å². The third kappa shape index (κ3) is 3.62. The van der Waals surface area contributed by atoms with Crippen molar-refractivity contribution in [1.29, 1.82) is 0 Å². The molecule has 2 heterocycles. The van der Waals surface area contributed by atoms with Crippen LogP contribution in [0.5, 0.6) is 0 Å². The Morgan fingerprint density at radius 3 is 2.83 bits per heavy atom. The van der Waals surface area contributed by atoms with Gasteiger partial charge in [0.05, 0.1) is 12.3 Å². The molecular formula is C18H22N2O2S. The van der Waals surface area contributed by atoms with Crippen LogP contribution in [-0.2, 0) is 4.74 Å². The number of thiazole rings is 1. The summed E-state index contributed by atoms with van der Waals surface area (Å²) in [7, 11) is 0. The number of aromatic nitrogens is 1. The fraction of sp³-hybridized carbons (Fsp3) is 0.444. The summed E-state index contributed by atoms with van der Waals surface area (Å²) in [6.45, 7) is 7.01. The number of aryl methyl sites for hydroxylation is 1. The quantitative estimate of drug-likeness (QED) is 0.841. The Hall–Kier alpha value is -1.72. The molecule has 3 rings (SSSR count). The lowest BCUT2D eigenvalue weighted by Gasteiger charge is -2.23. The number of carbonyl (C=O) groups excluding carboxylic acids is 1. The topological polar surface area (TPSA) is 42.4 Å². The molecule has 4 nitrogen and oxygen atoms in total. The minimum absolute atomic E-state index is 0.0941. The molecule has 122 valence electrons. The fourth-order valence-corrected chi connectivity index (χ4v) is 3.88. The number of rotatable bonds is 5. The van der Waals surface area contributed by atoms with Crippen LogP contribution in [0, 0.1) is 12.8 Å². The molecule has 2 aromatic rings. The lowest BCUT2D eigenvalue weighted by molar-refractivity contribution is 0.0734. The van der Waals surface area contributed by atoms with Crippen molar-refractivity contribution in [3.05, 3.63) is 40.9 Å². The molecule has 0 saturated carbocycles. The van der Waals surface area contributed by atoms with Crippen molar-refractivity contribution in [1.82, 2.24) is 9.88 Å². The monoisotopic (exact) mass is 330 g/mol. The summed E-state index contributed by atoms with van der Waals surface area (Å²) in [5.74, 6) is 0.553. The molecule has 1 aromatic carbocycles. The summed E-state index contributed by atoms with van der Waals surface area (Å²) in [5, 5.41) is 0.909. The number of benzene rings is 1. The molecule has 1 atom stereocenters. The minimum Gasteiger partial charge on any atom is -0.381 e. The zero-order chi connectivity index (χ0) is 16.2. The molecule has 0 unspecified atom stereocenters. The van der Waals surface area contributed by atoms with E-state index in [1.807, 2.05) is 49.1 Å². The SMILES string of the molecule is CCN(C[C@H]1CCOC1)C(=O)c1sc(-c2ccccc2)nc1C. The average molecular weight is 330 g/mol. The van der Waals surface area contributed by atoms with Crippen LogP contribution < -0.4 is 0 Å². The standard InChI is InChI=1S/C18H22N2O2S/c1-3-20(11-14-9-10-22-12-14)18(21)16-13(2)19-17(23-16)15-7-5-4-6-8-15/h4-8,14H,3,9-12H2,1-2H3/t14-/m1/s1. The highest BCUT2D eigenvalue weighted by molar-refractivity contribution is 7.17. The number of nitrogens with zero attached hydrogens (tertiary/aromatic N) is 2. The average Bonchev–Trinajstić information content (AvgIpc) is 3.22. The van der Waals surface area contributed by atoms with Crippen LogP contribution in [-0.4, -0.2) is 42.1 Å². The zero-order valence-electron chi connectivity index (χ0n) is 13.6. The summed E-state index contributed by atoms with van der Waals surface area (Å²) in [6, 6.07) is 10.0. The van der Waals surface area contributed by atoms with Crippen molar-refractivity contribution in [2.75, 3.05) is 26.3 Å². The van der Waals surface area contributed by atoms with Gasteiger partial charge in [0.15, 0.2) is 0 Å². The molecule has 0 radical (unpaired) electrons. The summed E-state index contributed by atoms with van der Waals surface area (Å²) < 4.78 is 5.43. The molecule has 0 aliphatic carbocycles. The molecular weight excluding hydrogens is 308 g/mol. The van der Waals surface area contributed by atoms with Crippen LogP contribution in [0.1, 0.15) is 28.7 Å². The normalized spacial score (nSPS) is 17.4. The van der Waals surface area contributed by atoms with Crippen LogP contribution in [0.2, 0.25) is 0 Å². The van der Waals surface area contributed by atoms with Gasteiger partial charge in [0, 0.05) is 31.2 Å². The van der Waals surface area contributed by atoms with Gasteiger partial charge in [0.2, 0.25) is 0 Å². The van der Waals surface area contributed by atoms with Gasteiger partial charge in [-0.3, -0.25) is 4.79 Å². The predicted octanol–water partition coefficient (Wildman–Crippen LogP) is 3.62. The Labute approximate surface area is 141 Å². The van der Waals surface area contributed by atoms with Gasteiger partial charge >= 0.3 is 0 Å². The first-order valence-electron chi connectivity index (χ1n) is 8.09. The fourth-order valence-electron chi connectivity index (χ4n) is 2.84. The first-order chi connectivity index (χ1) is 11.2. The molecule has 5 heteroatoms. The van der Waals surface area contributed by atoms with Crippen molar-refractivity contribution in [2.45, 2.75) is 20.3 Å². The first kappa shape index (κ1) is 16.1. The van der Waals surface area contributed by atoms with Crippen LogP contribution in [0.25, 0.3) is 10.6 Å². The van der Waals surface area contributed by atoms with Gasteiger partial charge < -0.3 is 9.64 Å². The Morgan fingerprint density at radius 1 is 1.39 bits per heavy atom. The summed E-state index contributed by atoms with van der Waals surface area (Å²) in [5.41, 5.74) is 1.88. The molecule has 0 bridgehead atoms. The molecule has 1 fully saturated rings. The Bertz CT molecular complexity index is 663. The molecule has 23 heavy (non-hydrogen) atoms. The van der Waals surface area contributed by atoms with Gasteiger partial charge in [-0.25, -0.2) is 4.98 Å². The Morgan fingerprint density at radius 2 is 2.17 bits per heavy atom. The number of carbonyl (C=O) groups is 1. The number of amides is 1. The highest BCUT2D eigenvalue weighted by Crippen LogP contribution is 2.29. The molecule has 0 spiro atoms. The smallest absolute Gasteiger partial charge is 0.265 e. The molecule has 1 saturated heterocycles. The van der Waals surface area contributed by atoms with Crippen molar-refractivity contribution in [3.63, 3.8) is 0 Å². The van der Waals surface area contributed by atoms with Crippen LogP contribution in [0.4, 0.5) is 0 Å². The van der Waals surface area contributed by atoms with Crippen molar-refractivity contribution < 1.29 is 9.53 Å². The number of hydrogen-bond acceptors (Lipinski definition) is 4. The number of hydrogen-bond donors (Lipinski definition) is 0. The first-order valence-corrected chi connectivity index (χ1v) is 8.90. The van der Waals surface area contributed by atoms with Crippen molar-refractivity contribution in [2.24, 2.45) is 5.92 Å².